The van der Waals surface area contributed by atoms with Crippen molar-refractivity contribution in [1.29, 1.82) is 5.26 Å². The van der Waals surface area contributed by atoms with Gasteiger partial charge in [-0.3, -0.25) is 9.78 Å². The van der Waals surface area contributed by atoms with Gasteiger partial charge in [0.15, 0.2) is 5.78 Å². The smallest absolute Gasteiger partial charge is 0.165 e. The molecule has 13 heavy (non-hydrogen) atoms. The van der Waals surface area contributed by atoms with E-state index in [1.165, 1.54) is 6.20 Å². The molecule has 0 unspecified atom stereocenters. The molecule has 1 heterocycles. The average molecular weight is 174 g/mol. The predicted octanol–water partition coefficient (Wildman–Crippen LogP) is 1.81. The van der Waals surface area contributed by atoms with Crippen LogP contribution in [0.25, 0.3) is 0 Å². The highest BCUT2D eigenvalue weighted by molar-refractivity contribution is 5.95. The first kappa shape index (κ1) is 9.40. The fraction of sp³-hybridized carbons (Fsp3) is 0.300. The minimum Gasteiger partial charge on any atom is -0.294 e. The highest BCUT2D eigenvalue weighted by Gasteiger charge is 2.09. The van der Waals surface area contributed by atoms with Crippen molar-refractivity contribution < 1.29 is 4.79 Å². The van der Waals surface area contributed by atoms with Crippen LogP contribution in [0.5, 0.6) is 0 Å². The summed E-state index contributed by atoms with van der Waals surface area (Å²) in [5.74, 6) is -0.255. The molecular formula is C10H10N2O. The summed E-state index contributed by atoms with van der Waals surface area (Å²) in [6, 6.07) is 5.44. The van der Waals surface area contributed by atoms with E-state index < -0.39 is 0 Å². The standard InChI is InChI=1S/C10H10N2O/c1-8(6-11)5-10(13)9-3-2-4-12-7-9/h2-4,7-8H,5H2,1H3/t8-/m0/s1. The van der Waals surface area contributed by atoms with Crippen molar-refractivity contribution >= 4 is 5.78 Å². The summed E-state index contributed by atoms with van der Waals surface area (Å²) in [5, 5.41) is 8.51. The summed E-state index contributed by atoms with van der Waals surface area (Å²) in [6.07, 6.45) is 3.40. The maximum Gasteiger partial charge on any atom is 0.165 e. The summed E-state index contributed by atoms with van der Waals surface area (Å²) in [4.78, 5) is 15.3. The minimum absolute atomic E-state index is 0.0258. The molecular weight excluding hydrogens is 164 g/mol. The van der Waals surface area contributed by atoms with E-state index in [0.717, 1.165) is 0 Å². The topological polar surface area (TPSA) is 53.8 Å². The van der Waals surface area contributed by atoms with Gasteiger partial charge in [0.1, 0.15) is 0 Å². The molecule has 0 saturated heterocycles. The number of carbonyl (C=O) groups excluding carboxylic acids is 1. The molecule has 0 bridgehead atoms. The molecule has 0 aromatic carbocycles. The van der Waals surface area contributed by atoms with E-state index in [9.17, 15) is 4.79 Å². The third-order valence-corrected chi connectivity index (χ3v) is 1.70. The number of pyridine rings is 1. The number of nitriles is 1. The number of carbonyl (C=O) groups is 1. The molecule has 0 saturated carbocycles. The van der Waals surface area contributed by atoms with Gasteiger partial charge in [-0.15, -0.1) is 0 Å². The Morgan fingerprint density at radius 3 is 3.08 bits per heavy atom. The van der Waals surface area contributed by atoms with Gasteiger partial charge in [-0.25, -0.2) is 0 Å². The fourth-order valence-corrected chi connectivity index (χ4v) is 0.969. The maximum absolute atomic E-state index is 11.4. The first-order chi connectivity index (χ1) is 6.24. The van der Waals surface area contributed by atoms with E-state index in [2.05, 4.69) is 4.98 Å². The molecule has 0 spiro atoms. The highest BCUT2D eigenvalue weighted by atomic mass is 16.1. The molecule has 1 rings (SSSR count). The lowest BCUT2D eigenvalue weighted by Gasteiger charge is -2.00. The van der Waals surface area contributed by atoms with Crippen LogP contribution < -0.4 is 0 Å². The minimum atomic E-state index is -0.229. The molecule has 0 radical (unpaired) electrons. The predicted molar refractivity (Wildman–Crippen MR) is 48.0 cm³/mol. The van der Waals surface area contributed by atoms with Gasteiger partial charge in [0, 0.05) is 24.4 Å². The normalized spacial score (nSPS) is 11.7. The molecule has 0 N–H and O–H groups in total. The van der Waals surface area contributed by atoms with E-state index in [4.69, 9.17) is 5.26 Å². The van der Waals surface area contributed by atoms with Gasteiger partial charge in [-0.2, -0.15) is 5.26 Å². The molecule has 0 fully saturated rings. The van der Waals surface area contributed by atoms with E-state index in [1.54, 1.807) is 25.3 Å². The van der Waals surface area contributed by atoms with Crippen LogP contribution in [0.1, 0.15) is 23.7 Å². The van der Waals surface area contributed by atoms with Gasteiger partial charge in [0.05, 0.1) is 12.0 Å². The van der Waals surface area contributed by atoms with E-state index in [1.807, 2.05) is 6.07 Å². The quantitative estimate of drug-likeness (QED) is 0.656. The molecule has 0 amide bonds. The zero-order valence-electron chi connectivity index (χ0n) is 7.40. The van der Waals surface area contributed by atoms with E-state index in [-0.39, 0.29) is 18.1 Å². The SMILES string of the molecule is C[C@H](C#N)CC(=O)c1cccnc1. The summed E-state index contributed by atoms with van der Waals surface area (Å²) in [5.41, 5.74) is 0.574. The third kappa shape index (κ3) is 2.68. The van der Waals surface area contributed by atoms with Crippen molar-refractivity contribution in [2.75, 3.05) is 0 Å². The lowest BCUT2D eigenvalue weighted by molar-refractivity contribution is 0.0972. The molecule has 1 atom stereocenters. The Bertz CT molecular complexity index is 327. The monoisotopic (exact) mass is 174 g/mol. The lowest BCUT2D eigenvalue weighted by atomic mass is 10.0. The van der Waals surface area contributed by atoms with E-state index in [0.29, 0.717) is 5.56 Å². The van der Waals surface area contributed by atoms with Crippen LogP contribution in [0, 0.1) is 17.2 Å². The van der Waals surface area contributed by atoms with Gasteiger partial charge in [-0.05, 0) is 19.1 Å². The molecule has 0 aliphatic rings. The Hall–Kier alpha value is -1.69. The first-order valence-corrected chi connectivity index (χ1v) is 4.07. The second kappa shape index (κ2) is 4.36. The molecule has 1 aromatic rings. The van der Waals surface area contributed by atoms with Gasteiger partial charge >= 0.3 is 0 Å². The fourth-order valence-electron chi connectivity index (χ4n) is 0.969. The largest absolute Gasteiger partial charge is 0.294 e. The summed E-state index contributed by atoms with van der Waals surface area (Å²) >= 11 is 0. The second-order valence-corrected chi connectivity index (χ2v) is 2.90. The van der Waals surface area contributed by atoms with Gasteiger partial charge in [-0.1, -0.05) is 0 Å². The van der Waals surface area contributed by atoms with Crippen molar-refractivity contribution in [3.8, 4) is 6.07 Å². The van der Waals surface area contributed by atoms with Crippen LogP contribution in [0.4, 0.5) is 0 Å². The van der Waals surface area contributed by atoms with Crippen LogP contribution in [-0.2, 0) is 0 Å². The number of ketones is 1. The van der Waals surface area contributed by atoms with Crippen molar-refractivity contribution in [2.45, 2.75) is 13.3 Å². The molecule has 3 nitrogen and oxygen atoms in total. The Morgan fingerprint density at radius 2 is 2.54 bits per heavy atom. The Balaban J connectivity index is 2.66. The Kier molecular flexibility index (Phi) is 3.15. The van der Waals surface area contributed by atoms with Crippen molar-refractivity contribution in [3.63, 3.8) is 0 Å². The van der Waals surface area contributed by atoms with Crippen molar-refractivity contribution in [2.24, 2.45) is 5.92 Å². The zero-order valence-corrected chi connectivity index (χ0v) is 7.40. The Labute approximate surface area is 77.0 Å². The van der Waals surface area contributed by atoms with Crippen LogP contribution in [0.2, 0.25) is 0 Å². The number of Topliss-reactive ketones (excluding diaryl/α,β-unsaturated/α-hetero) is 1. The van der Waals surface area contributed by atoms with Crippen LogP contribution in [-0.4, -0.2) is 10.8 Å². The lowest BCUT2D eigenvalue weighted by Crippen LogP contribution is -2.04. The van der Waals surface area contributed by atoms with Crippen LogP contribution in [0.15, 0.2) is 24.5 Å². The summed E-state index contributed by atoms with van der Waals surface area (Å²) < 4.78 is 0. The van der Waals surface area contributed by atoms with Crippen LogP contribution in [0.3, 0.4) is 0 Å². The van der Waals surface area contributed by atoms with Gasteiger partial charge in [0.25, 0.3) is 0 Å². The van der Waals surface area contributed by atoms with Gasteiger partial charge < -0.3 is 0 Å². The summed E-state index contributed by atoms with van der Waals surface area (Å²) in [6.45, 7) is 1.73. The third-order valence-electron chi connectivity index (χ3n) is 1.70. The van der Waals surface area contributed by atoms with E-state index >= 15 is 0 Å². The molecule has 3 heteroatoms. The molecule has 0 aliphatic carbocycles. The van der Waals surface area contributed by atoms with Crippen LogP contribution >= 0.6 is 0 Å². The maximum atomic E-state index is 11.4. The second-order valence-electron chi connectivity index (χ2n) is 2.90. The molecule has 1 aromatic heterocycles. The number of nitrogens with zero attached hydrogens (tertiary/aromatic N) is 2. The van der Waals surface area contributed by atoms with Crippen molar-refractivity contribution in [1.82, 2.24) is 4.98 Å². The molecule has 0 aliphatic heterocycles. The Morgan fingerprint density at radius 1 is 1.77 bits per heavy atom. The number of rotatable bonds is 3. The summed E-state index contributed by atoms with van der Waals surface area (Å²) in [7, 11) is 0. The zero-order chi connectivity index (χ0) is 9.68. The number of aromatic nitrogens is 1. The highest BCUT2D eigenvalue weighted by Crippen LogP contribution is 2.07. The number of hydrogen-bond acceptors (Lipinski definition) is 3. The average Bonchev–Trinajstić information content (AvgIpc) is 2.19. The number of hydrogen-bond donors (Lipinski definition) is 0. The molecule has 66 valence electrons. The van der Waals surface area contributed by atoms with Gasteiger partial charge in [0.2, 0.25) is 0 Å². The first-order valence-electron chi connectivity index (χ1n) is 4.07. The van der Waals surface area contributed by atoms with Crippen molar-refractivity contribution in [3.05, 3.63) is 30.1 Å².